The molecule has 2 aromatic rings. The van der Waals surface area contributed by atoms with Gasteiger partial charge >= 0.3 is 5.97 Å². The van der Waals surface area contributed by atoms with Crippen LogP contribution in [0.2, 0.25) is 0 Å². The van der Waals surface area contributed by atoms with Crippen LogP contribution in [-0.2, 0) is 24.2 Å². The van der Waals surface area contributed by atoms with E-state index in [2.05, 4.69) is 12.6 Å². The van der Waals surface area contributed by atoms with E-state index in [1.54, 1.807) is 30.0 Å². The number of methoxy groups -OCH3 is 1. The maximum atomic E-state index is 11.5. The molecule has 0 N–H and O–H groups in total. The minimum Gasteiger partial charge on any atom is -0.465 e. The predicted octanol–water partition coefficient (Wildman–Crippen LogP) is 3.91. The first kappa shape index (κ1) is 16.3. The number of carbonyl (C=O) groups is 1. The zero-order valence-electron chi connectivity index (χ0n) is 10.5. The molecule has 0 spiro atoms. The predicted molar refractivity (Wildman–Crippen MR) is 75.6 cm³/mol. The molecule has 5 heteroatoms. The Morgan fingerprint density at radius 1 is 1.16 bits per heavy atom. The van der Waals surface area contributed by atoms with Crippen molar-refractivity contribution in [2.24, 2.45) is 0 Å². The fourth-order valence-electron chi connectivity index (χ4n) is 1.46. The van der Waals surface area contributed by atoms with Crippen LogP contribution in [0.3, 0.4) is 0 Å². The molecule has 19 heavy (non-hydrogen) atoms. The molecular formula is C14H12O2S2Zn. The second kappa shape index (κ2) is 7.73. The molecule has 0 amide bonds. The summed E-state index contributed by atoms with van der Waals surface area (Å²) in [6.07, 6.45) is 0. The Morgan fingerprint density at radius 3 is 2.47 bits per heavy atom. The van der Waals surface area contributed by atoms with Crippen molar-refractivity contribution in [3.05, 3.63) is 54.1 Å². The fraction of sp³-hybridized carbons (Fsp3) is 0.0714. The Kier molecular flexibility index (Phi) is 6.63. The molecule has 0 radical (unpaired) electrons. The van der Waals surface area contributed by atoms with Gasteiger partial charge in [0.2, 0.25) is 0 Å². The van der Waals surface area contributed by atoms with Gasteiger partial charge in [0.15, 0.2) is 0 Å². The minimum atomic E-state index is -0.335. The molecule has 0 unspecified atom stereocenters. The molecule has 0 heterocycles. The number of hydrogen-bond acceptors (Lipinski definition) is 4. The molecule has 0 aliphatic rings. The summed E-state index contributed by atoms with van der Waals surface area (Å²) in [5.41, 5.74) is 0.536. The van der Waals surface area contributed by atoms with Crippen LogP contribution in [-0.4, -0.2) is 13.1 Å². The number of rotatable bonds is 3. The van der Waals surface area contributed by atoms with E-state index in [-0.39, 0.29) is 25.4 Å². The molecule has 2 rings (SSSR count). The maximum absolute atomic E-state index is 11.5. The van der Waals surface area contributed by atoms with Crippen molar-refractivity contribution in [3.63, 3.8) is 0 Å². The molecule has 0 saturated carbocycles. The maximum Gasteiger partial charge on any atom is 0.337 e. The van der Waals surface area contributed by atoms with Crippen LogP contribution < -0.4 is 0 Å². The molecule has 0 aliphatic carbocycles. The molecule has 0 saturated heterocycles. The van der Waals surface area contributed by atoms with Crippen molar-refractivity contribution in [1.29, 1.82) is 0 Å². The van der Waals surface area contributed by atoms with Crippen molar-refractivity contribution in [2.75, 3.05) is 7.11 Å². The van der Waals surface area contributed by atoms with Gasteiger partial charge in [-0.05, 0) is 30.3 Å². The Bertz CT molecular complexity index is 559. The Labute approximate surface area is 135 Å². The van der Waals surface area contributed by atoms with Gasteiger partial charge < -0.3 is 4.74 Å². The average molecular weight is 342 g/mol. The van der Waals surface area contributed by atoms with Crippen LogP contribution >= 0.6 is 24.4 Å². The molecule has 2 nitrogen and oxygen atoms in total. The van der Waals surface area contributed by atoms with Crippen LogP contribution in [0.4, 0.5) is 0 Å². The monoisotopic (exact) mass is 340 g/mol. The van der Waals surface area contributed by atoms with Gasteiger partial charge in [-0.25, -0.2) is 4.79 Å². The zero-order valence-corrected chi connectivity index (χ0v) is 15.2. The van der Waals surface area contributed by atoms with Gasteiger partial charge in [0.25, 0.3) is 0 Å². The number of thiol groups is 1. The molecular weight excluding hydrogens is 330 g/mol. The standard InChI is InChI=1S/C14H12O2S2.Zn/c1-16-14(15)10-7-8-12(17)13(9-10)18-11-5-3-2-4-6-11;/h2-9,17H,1H3;. The summed E-state index contributed by atoms with van der Waals surface area (Å²) < 4.78 is 4.71. The van der Waals surface area contributed by atoms with Gasteiger partial charge in [-0.1, -0.05) is 30.0 Å². The number of ether oxygens (including phenoxy) is 1. The van der Waals surface area contributed by atoms with Crippen molar-refractivity contribution in [1.82, 2.24) is 0 Å². The molecule has 2 aromatic carbocycles. The van der Waals surface area contributed by atoms with Crippen LogP contribution in [0.1, 0.15) is 10.4 Å². The Hall–Kier alpha value is -0.767. The summed E-state index contributed by atoms with van der Waals surface area (Å²) in [4.78, 5) is 14.4. The van der Waals surface area contributed by atoms with Gasteiger partial charge in [-0.3, -0.25) is 0 Å². The third-order valence-corrected chi connectivity index (χ3v) is 3.96. The van der Waals surface area contributed by atoms with E-state index >= 15 is 0 Å². The summed E-state index contributed by atoms with van der Waals surface area (Å²) in [5, 5.41) is 0. The SMILES string of the molecule is COC(=O)c1ccc(S)c(Sc2ccccc2)c1.[Zn]. The van der Waals surface area contributed by atoms with Crippen LogP contribution in [0, 0.1) is 0 Å². The third-order valence-electron chi connectivity index (χ3n) is 2.35. The van der Waals surface area contributed by atoms with E-state index in [1.807, 2.05) is 30.3 Å². The largest absolute Gasteiger partial charge is 0.465 e. The van der Waals surface area contributed by atoms with Gasteiger partial charge in [-0.15, -0.1) is 12.6 Å². The fourth-order valence-corrected chi connectivity index (χ4v) is 2.64. The summed E-state index contributed by atoms with van der Waals surface area (Å²) in [6.45, 7) is 0. The van der Waals surface area contributed by atoms with Gasteiger partial charge in [-0.2, -0.15) is 0 Å². The second-order valence-corrected chi connectivity index (χ2v) is 5.19. The molecule has 0 aliphatic heterocycles. The number of hydrogen-bond donors (Lipinski definition) is 1. The molecule has 0 atom stereocenters. The molecule has 94 valence electrons. The molecule has 0 aromatic heterocycles. The second-order valence-electron chi connectivity index (χ2n) is 3.59. The first-order valence-corrected chi connectivity index (χ1v) is 6.61. The van der Waals surface area contributed by atoms with E-state index in [4.69, 9.17) is 4.74 Å². The zero-order chi connectivity index (χ0) is 13.0. The number of carbonyl (C=O) groups excluding carboxylic acids is 1. The van der Waals surface area contributed by atoms with Crippen molar-refractivity contribution in [2.45, 2.75) is 14.7 Å². The average Bonchev–Trinajstić information content (AvgIpc) is 2.41. The quantitative estimate of drug-likeness (QED) is 0.521. The van der Waals surface area contributed by atoms with Crippen molar-refractivity contribution in [3.8, 4) is 0 Å². The summed E-state index contributed by atoms with van der Waals surface area (Å²) in [7, 11) is 1.38. The smallest absolute Gasteiger partial charge is 0.337 e. The normalized spacial score (nSPS) is 9.58. The van der Waals surface area contributed by atoms with Crippen molar-refractivity contribution < 1.29 is 29.0 Å². The molecule has 0 bridgehead atoms. The van der Waals surface area contributed by atoms with Gasteiger partial charge in [0, 0.05) is 34.2 Å². The number of esters is 1. The van der Waals surface area contributed by atoms with Gasteiger partial charge in [0.05, 0.1) is 12.7 Å². The van der Waals surface area contributed by atoms with Gasteiger partial charge in [0.1, 0.15) is 0 Å². The summed E-state index contributed by atoms with van der Waals surface area (Å²) in [5.74, 6) is -0.335. The minimum absolute atomic E-state index is 0. The topological polar surface area (TPSA) is 26.3 Å². The van der Waals surface area contributed by atoms with E-state index in [9.17, 15) is 4.79 Å². The summed E-state index contributed by atoms with van der Waals surface area (Å²) >= 11 is 5.97. The summed E-state index contributed by atoms with van der Waals surface area (Å²) in [6, 6.07) is 15.3. The van der Waals surface area contributed by atoms with E-state index < -0.39 is 0 Å². The van der Waals surface area contributed by atoms with E-state index in [0.717, 1.165) is 14.7 Å². The van der Waals surface area contributed by atoms with Crippen LogP contribution in [0.15, 0.2) is 63.2 Å². The molecule has 0 fully saturated rings. The third kappa shape index (κ3) is 4.38. The van der Waals surface area contributed by atoms with Crippen LogP contribution in [0.5, 0.6) is 0 Å². The number of benzene rings is 2. The van der Waals surface area contributed by atoms with E-state index in [1.165, 1.54) is 7.11 Å². The van der Waals surface area contributed by atoms with E-state index in [0.29, 0.717) is 5.56 Å². The first-order chi connectivity index (χ1) is 8.70. The van der Waals surface area contributed by atoms with Crippen LogP contribution in [0.25, 0.3) is 0 Å². The van der Waals surface area contributed by atoms with Crippen molar-refractivity contribution >= 4 is 30.4 Å². The first-order valence-electron chi connectivity index (χ1n) is 5.35. The Morgan fingerprint density at radius 2 is 1.84 bits per heavy atom. The Balaban J connectivity index is 0.00000180.